The van der Waals surface area contributed by atoms with Crippen molar-refractivity contribution >= 4 is 41.5 Å². The summed E-state index contributed by atoms with van der Waals surface area (Å²) >= 11 is 0. The number of halogens is 1. The first-order valence-electron chi connectivity index (χ1n) is 9.47. The number of carbonyl (C=O) groups is 1. The van der Waals surface area contributed by atoms with Crippen molar-refractivity contribution in [3.63, 3.8) is 0 Å². The maximum Gasteiger partial charge on any atom is 0.227 e. The van der Waals surface area contributed by atoms with Gasteiger partial charge in [-0.15, -0.1) is 24.0 Å². The number of amides is 1. The van der Waals surface area contributed by atoms with Crippen molar-refractivity contribution in [2.45, 2.75) is 32.2 Å². The van der Waals surface area contributed by atoms with Gasteiger partial charge in [-0.05, 0) is 42.5 Å². The van der Waals surface area contributed by atoms with Gasteiger partial charge in [-0.3, -0.25) is 14.5 Å². The van der Waals surface area contributed by atoms with Crippen molar-refractivity contribution in [3.05, 3.63) is 47.8 Å². The zero-order chi connectivity index (χ0) is 19.1. The van der Waals surface area contributed by atoms with Gasteiger partial charge in [-0.25, -0.2) is 0 Å². The van der Waals surface area contributed by atoms with E-state index < -0.39 is 0 Å². The van der Waals surface area contributed by atoms with Crippen molar-refractivity contribution in [1.29, 1.82) is 0 Å². The fourth-order valence-corrected chi connectivity index (χ4v) is 3.22. The largest absolute Gasteiger partial charge is 0.356 e. The molecule has 2 N–H and O–H groups in total. The second-order valence-electron chi connectivity index (χ2n) is 6.79. The summed E-state index contributed by atoms with van der Waals surface area (Å²) in [7, 11) is 3.71. The number of aliphatic imine (C=N–C) groups is 1. The Bertz CT molecular complexity index is 786. The highest BCUT2D eigenvalue weighted by molar-refractivity contribution is 14.0. The molecule has 1 saturated heterocycles. The molecule has 1 aliphatic heterocycles. The van der Waals surface area contributed by atoms with E-state index in [9.17, 15) is 4.79 Å². The van der Waals surface area contributed by atoms with Gasteiger partial charge in [0.1, 0.15) is 0 Å². The Morgan fingerprint density at radius 2 is 2.00 bits per heavy atom. The summed E-state index contributed by atoms with van der Waals surface area (Å²) in [5.74, 6) is 1.01. The van der Waals surface area contributed by atoms with Gasteiger partial charge in [-0.2, -0.15) is 5.10 Å². The van der Waals surface area contributed by atoms with Crippen LogP contribution in [0.3, 0.4) is 0 Å². The average molecular weight is 496 g/mol. The molecular weight excluding hydrogens is 467 g/mol. The number of nitrogens with zero attached hydrogens (tertiary/aromatic N) is 4. The smallest absolute Gasteiger partial charge is 0.227 e. The van der Waals surface area contributed by atoms with Gasteiger partial charge in [-0.1, -0.05) is 12.1 Å². The number of benzene rings is 1. The molecule has 2 heterocycles. The van der Waals surface area contributed by atoms with Crippen LogP contribution in [0.2, 0.25) is 0 Å². The predicted molar refractivity (Wildman–Crippen MR) is 123 cm³/mol. The van der Waals surface area contributed by atoms with Crippen molar-refractivity contribution in [2.24, 2.45) is 12.0 Å². The monoisotopic (exact) mass is 496 g/mol. The first-order chi connectivity index (χ1) is 13.2. The quantitative estimate of drug-likeness (QED) is 0.268. The molecule has 152 valence electrons. The molecule has 1 fully saturated rings. The Morgan fingerprint density at radius 1 is 1.21 bits per heavy atom. The summed E-state index contributed by atoms with van der Waals surface area (Å²) in [5, 5.41) is 10.8. The lowest BCUT2D eigenvalue weighted by molar-refractivity contribution is -0.117. The minimum absolute atomic E-state index is 0. The zero-order valence-corrected chi connectivity index (χ0v) is 18.8. The Morgan fingerprint density at radius 3 is 2.61 bits per heavy atom. The average Bonchev–Trinajstić information content (AvgIpc) is 3.29. The van der Waals surface area contributed by atoms with Crippen LogP contribution in [0.1, 0.15) is 30.4 Å². The molecule has 1 aliphatic rings. The maximum absolute atomic E-state index is 11.8. The van der Waals surface area contributed by atoms with Gasteiger partial charge >= 0.3 is 0 Å². The summed E-state index contributed by atoms with van der Waals surface area (Å²) in [6.07, 6.45) is 7.58. The van der Waals surface area contributed by atoms with Crippen molar-refractivity contribution < 1.29 is 4.79 Å². The summed E-state index contributed by atoms with van der Waals surface area (Å²) in [4.78, 5) is 17.9. The van der Waals surface area contributed by atoms with Crippen LogP contribution in [-0.2, 0) is 24.8 Å². The van der Waals surface area contributed by atoms with Gasteiger partial charge in [0.05, 0.1) is 6.20 Å². The van der Waals surface area contributed by atoms with E-state index in [-0.39, 0.29) is 29.9 Å². The first-order valence-corrected chi connectivity index (χ1v) is 9.47. The molecule has 7 nitrogen and oxygen atoms in total. The molecule has 0 radical (unpaired) electrons. The third-order valence-corrected chi connectivity index (χ3v) is 4.70. The van der Waals surface area contributed by atoms with E-state index in [1.165, 1.54) is 5.56 Å². The Hall–Kier alpha value is -2.10. The minimum atomic E-state index is 0. The molecule has 0 saturated carbocycles. The van der Waals surface area contributed by atoms with Crippen LogP contribution in [0.4, 0.5) is 5.69 Å². The second kappa shape index (κ2) is 11.0. The van der Waals surface area contributed by atoms with E-state index in [1.54, 1.807) is 7.05 Å². The molecule has 3 rings (SSSR count). The zero-order valence-electron chi connectivity index (χ0n) is 16.5. The van der Waals surface area contributed by atoms with Crippen molar-refractivity contribution in [1.82, 2.24) is 20.4 Å². The molecule has 0 aliphatic carbocycles. The summed E-state index contributed by atoms with van der Waals surface area (Å²) < 4.78 is 1.83. The van der Waals surface area contributed by atoms with Gasteiger partial charge in [0.15, 0.2) is 5.96 Å². The summed E-state index contributed by atoms with van der Waals surface area (Å²) in [6, 6.07) is 8.15. The Kier molecular flexibility index (Phi) is 8.75. The standard InChI is InChI=1S/C20H28N6O.HI/c1-21-20(22-11-3-5-17-14-24-25(2)15-17)23-13-16-7-9-18(10-8-16)26-12-4-6-19(26)27;/h7-10,14-15H,3-6,11-13H2,1-2H3,(H2,21,22,23);1H. The van der Waals surface area contributed by atoms with Crippen LogP contribution in [0.5, 0.6) is 0 Å². The number of hydrogen-bond acceptors (Lipinski definition) is 3. The highest BCUT2D eigenvalue weighted by atomic mass is 127. The van der Waals surface area contributed by atoms with Crippen molar-refractivity contribution in [2.75, 3.05) is 25.0 Å². The molecule has 2 aromatic rings. The lowest BCUT2D eigenvalue weighted by Gasteiger charge is -2.16. The molecule has 28 heavy (non-hydrogen) atoms. The third kappa shape index (κ3) is 6.22. The predicted octanol–water partition coefficient (Wildman–Crippen LogP) is 2.46. The van der Waals surface area contributed by atoms with Gasteiger partial charge in [0, 0.05) is 52.0 Å². The van der Waals surface area contributed by atoms with Crippen LogP contribution < -0.4 is 15.5 Å². The van der Waals surface area contributed by atoms with E-state index in [0.29, 0.717) is 13.0 Å². The fraction of sp³-hybridized carbons (Fsp3) is 0.450. The van der Waals surface area contributed by atoms with E-state index in [4.69, 9.17) is 0 Å². The number of nitrogens with one attached hydrogen (secondary N) is 2. The molecular formula is C20H29IN6O. The van der Waals surface area contributed by atoms with E-state index in [1.807, 2.05) is 41.2 Å². The fourth-order valence-electron chi connectivity index (χ4n) is 3.22. The highest BCUT2D eigenvalue weighted by Crippen LogP contribution is 2.21. The molecule has 1 aromatic carbocycles. The Balaban J connectivity index is 0.00000280. The first kappa shape index (κ1) is 22.2. The van der Waals surface area contributed by atoms with Crippen molar-refractivity contribution in [3.8, 4) is 0 Å². The summed E-state index contributed by atoms with van der Waals surface area (Å²) in [5.41, 5.74) is 3.39. The maximum atomic E-state index is 11.8. The minimum Gasteiger partial charge on any atom is -0.356 e. The van der Waals surface area contributed by atoms with Crippen LogP contribution in [-0.4, -0.2) is 41.8 Å². The molecule has 8 heteroatoms. The third-order valence-electron chi connectivity index (χ3n) is 4.70. The number of aryl methyl sites for hydroxylation is 2. The summed E-state index contributed by atoms with van der Waals surface area (Å²) in [6.45, 7) is 2.37. The van der Waals surface area contributed by atoms with E-state index in [0.717, 1.165) is 49.6 Å². The number of anilines is 1. The lowest BCUT2D eigenvalue weighted by atomic mass is 10.2. The number of hydrogen-bond donors (Lipinski definition) is 2. The topological polar surface area (TPSA) is 74.6 Å². The van der Waals surface area contributed by atoms with E-state index in [2.05, 4.69) is 32.9 Å². The van der Waals surface area contributed by atoms with Gasteiger partial charge in [0.2, 0.25) is 5.91 Å². The second-order valence-corrected chi connectivity index (χ2v) is 6.79. The van der Waals surface area contributed by atoms with Gasteiger partial charge in [0.25, 0.3) is 0 Å². The van der Waals surface area contributed by atoms with Crippen LogP contribution in [0, 0.1) is 0 Å². The number of carbonyl (C=O) groups excluding carboxylic acids is 1. The molecule has 0 bridgehead atoms. The molecule has 0 unspecified atom stereocenters. The normalized spacial score (nSPS) is 14.1. The lowest BCUT2D eigenvalue weighted by Crippen LogP contribution is -2.37. The number of rotatable bonds is 7. The molecule has 1 amide bonds. The number of aromatic nitrogens is 2. The molecule has 1 aromatic heterocycles. The SMILES string of the molecule is CN=C(NCCCc1cnn(C)c1)NCc1ccc(N2CCCC2=O)cc1.I. The Labute approximate surface area is 183 Å². The van der Waals surface area contributed by atoms with Crippen LogP contribution >= 0.6 is 24.0 Å². The highest BCUT2D eigenvalue weighted by Gasteiger charge is 2.21. The molecule has 0 atom stereocenters. The van der Waals surface area contributed by atoms with Crippen LogP contribution in [0.25, 0.3) is 0 Å². The molecule has 0 spiro atoms. The van der Waals surface area contributed by atoms with E-state index >= 15 is 0 Å². The van der Waals surface area contributed by atoms with Gasteiger partial charge < -0.3 is 15.5 Å². The van der Waals surface area contributed by atoms with Crippen LogP contribution in [0.15, 0.2) is 41.7 Å². The number of guanidine groups is 1.